The molecule has 0 aromatic heterocycles. The van der Waals surface area contributed by atoms with Gasteiger partial charge in [-0.25, -0.2) is 0 Å². The molecule has 0 aliphatic carbocycles. The maximum atomic E-state index is 5.53. The van der Waals surface area contributed by atoms with Crippen molar-refractivity contribution in [2.75, 3.05) is 19.8 Å². The van der Waals surface area contributed by atoms with Crippen LogP contribution in [0.15, 0.2) is 0 Å². The first kappa shape index (κ1) is 16.9. The van der Waals surface area contributed by atoms with Crippen LogP contribution < -0.4 is 5.32 Å². The fraction of sp³-hybridized carbons (Fsp3) is 1.00. The number of rotatable bonds is 13. The van der Waals surface area contributed by atoms with Gasteiger partial charge in [-0.1, -0.05) is 46.0 Å². The molecule has 1 unspecified atom stereocenters. The topological polar surface area (TPSA) is 21.3 Å². The van der Waals surface area contributed by atoms with Crippen molar-refractivity contribution in [3.8, 4) is 0 Å². The van der Waals surface area contributed by atoms with Crippen LogP contribution in [0.3, 0.4) is 0 Å². The van der Waals surface area contributed by atoms with Gasteiger partial charge in [0, 0.05) is 19.3 Å². The molecule has 0 saturated carbocycles. The molecule has 104 valence electrons. The van der Waals surface area contributed by atoms with Crippen LogP contribution in [0.4, 0.5) is 0 Å². The zero-order valence-corrected chi connectivity index (χ0v) is 12.3. The van der Waals surface area contributed by atoms with Crippen molar-refractivity contribution in [1.82, 2.24) is 5.32 Å². The molecule has 0 saturated heterocycles. The highest BCUT2D eigenvalue weighted by Crippen LogP contribution is 2.05. The monoisotopic (exact) mass is 243 g/mol. The van der Waals surface area contributed by atoms with Gasteiger partial charge in [0.1, 0.15) is 0 Å². The molecule has 0 aliphatic rings. The third-order valence-corrected chi connectivity index (χ3v) is 3.09. The van der Waals surface area contributed by atoms with Crippen LogP contribution in [0.5, 0.6) is 0 Å². The van der Waals surface area contributed by atoms with E-state index in [1.165, 1.54) is 44.9 Å². The van der Waals surface area contributed by atoms with E-state index in [-0.39, 0.29) is 0 Å². The van der Waals surface area contributed by atoms with Crippen molar-refractivity contribution < 1.29 is 4.74 Å². The molecule has 1 atom stereocenters. The summed E-state index contributed by atoms with van der Waals surface area (Å²) in [5.74, 6) is 0. The SMILES string of the molecule is CCCCCCC(C)NCCCOCCCC. The molecule has 1 N–H and O–H groups in total. The number of nitrogens with one attached hydrogen (secondary N) is 1. The molecule has 0 rings (SSSR count). The van der Waals surface area contributed by atoms with Gasteiger partial charge in [0.15, 0.2) is 0 Å². The average Bonchev–Trinajstić information content (AvgIpc) is 2.33. The van der Waals surface area contributed by atoms with Gasteiger partial charge in [0.2, 0.25) is 0 Å². The second kappa shape index (κ2) is 14.0. The van der Waals surface area contributed by atoms with E-state index in [4.69, 9.17) is 4.74 Å². The second-order valence-corrected chi connectivity index (χ2v) is 5.02. The minimum absolute atomic E-state index is 0.669. The van der Waals surface area contributed by atoms with Crippen LogP contribution in [-0.4, -0.2) is 25.8 Å². The van der Waals surface area contributed by atoms with Crippen molar-refractivity contribution in [3.05, 3.63) is 0 Å². The van der Waals surface area contributed by atoms with E-state index in [1.54, 1.807) is 0 Å². The molecule has 0 aromatic carbocycles. The molecule has 0 spiro atoms. The van der Waals surface area contributed by atoms with Gasteiger partial charge >= 0.3 is 0 Å². The van der Waals surface area contributed by atoms with E-state index in [9.17, 15) is 0 Å². The number of unbranched alkanes of at least 4 members (excludes halogenated alkanes) is 4. The summed E-state index contributed by atoms with van der Waals surface area (Å²) in [6.45, 7) is 9.70. The maximum absolute atomic E-state index is 5.53. The number of hydrogen-bond acceptors (Lipinski definition) is 2. The van der Waals surface area contributed by atoms with Crippen LogP contribution in [0.1, 0.15) is 72.1 Å². The zero-order valence-electron chi connectivity index (χ0n) is 12.3. The Bertz CT molecular complexity index is 139. The van der Waals surface area contributed by atoms with Gasteiger partial charge in [-0.3, -0.25) is 0 Å². The molecular formula is C15H33NO. The fourth-order valence-electron chi connectivity index (χ4n) is 1.85. The van der Waals surface area contributed by atoms with Gasteiger partial charge < -0.3 is 10.1 Å². The zero-order chi connectivity index (χ0) is 12.8. The third-order valence-electron chi connectivity index (χ3n) is 3.09. The molecule has 0 bridgehead atoms. The largest absolute Gasteiger partial charge is 0.381 e. The standard InChI is InChI=1S/C15H33NO/c1-4-6-8-9-11-15(3)16-12-10-14-17-13-7-5-2/h15-16H,4-14H2,1-3H3. The lowest BCUT2D eigenvalue weighted by molar-refractivity contribution is 0.128. The second-order valence-electron chi connectivity index (χ2n) is 5.02. The summed E-state index contributed by atoms with van der Waals surface area (Å²) in [5, 5.41) is 3.57. The van der Waals surface area contributed by atoms with Gasteiger partial charge in [0.25, 0.3) is 0 Å². The Balaban J connectivity index is 3.08. The Morgan fingerprint density at radius 1 is 0.882 bits per heavy atom. The lowest BCUT2D eigenvalue weighted by Gasteiger charge is -2.13. The molecule has 0 aliphatic heterocycles. The van der Waals surface area contributed by atoms with Crippen molar-refractivity contribution in [3.63, 3.8) is 0 Å². The summed E-state index contributed by atoms with van der Waals surface area (Å²) in [6, 6.07) is 0.669. The summed E-state index contributed by atoms with van der Waals surface area (Å²) >= 11 is 0. The number of hydrogen-bond donors (Lipinski definition) is 1. The minimum Gasteiger partial charge on any atom is -0.381 e. The van der Waals surface area contributed by atoms with E-state index < -0.39 is 0 Å². The first-order chi connectivity index (χ1) is 8.31. The van der Waals surface area contributed by atoms with Crippen molar-refractivity contribution in [2.45, 2.75) is 78.2 Å². The first-order valence-corrected chi connectivity index (χ1v) is 7.62. The van der Waals surface area contributed by atoms with Crippen LogP contribution in [0.25, 0.3) is 0 Å². The van der Waals surface area contributed by atoms with Crippen molar-refractivity contribution in [2.24, 2.45) is 0 Å². The van der Waals surface area contributed by atoms with Crippen LogP contribution in [-0.2, 0) is 4.74 Å². The van der Waals surface area contributed by atoms with Gasteiger partial charge in [-0.05, 0) is 32.7 Å². The van der Waals surface area contributed by atoms with E-state index in [2.05, 4.69) is 26.1 Å². The Morgan fingerprint density at radius 2 is 1.59 bits per heavy atom. The fourth-order valence-corrected chi connectivity index (χ4v) is 1.85. The predicted molar refractivity (Wildman–Crippen MR) is 76.6 cm³/mol. The minimum atomic E-state index is 0.669. The van der Waals surface area contributed by atoms with Crippen LogP contribution in [0.2, 0.25) is 0 Å². The molecule has 0 amide bonds. The summed E-state index contributed by atoms with van der Waals surface area (Å²) in [7, 11) is 0. The normalized spacial score (nSPS) is 12.9. The molecule has 17 heavy (non-hydrogen) atoms. The van der Waals surface area contributed by atoms with E-state index >= 15 is 0 Å². The van der Waals surface area contributed by atoms with E-state index in [0.717, 1.165) is 26.2 Å². The maximum Gasteiger partial charge on any atom is 0.0478 e. The first-order valence-electron chi connectivity index (χ1n) is 7.62. The molecular weight excluding hydrogens is 210 g/mol. The molecule has 2 heteroatoms. The van der Waals surface area contributed by atoms with Gasteiger partial charge in [-0.2, -0.15) is 0 Å². The smallest absolute Gasteiger partial charge is 0.0478 e. The highest BCUT2D eigenvalue weighted by molar-refractivity contribution is 4.60. The molecule has 0 fully saturated rings. The highest BCUT2D eigenvalue weighted by Gasteiger charge is 2.00. The van der Waals surface area contributed by atoms with E-state index in [0.29, 0.717) is 6.04 Å². The van der Waals surface area contributed by atoms with Crippen molar-refractivity contribution >= 4 is 0 Å². The lowest BCUT2D eigenvalue weighted by atomic mass is 10.1. The van der Waals surface area contributed by atoms with Crippen LogP contribution >= 0.6 is 0 Å². The Hall–Kier alpha value is -0.0800. The Labute approximate surface area is 109 Å². The van der Waals surface area contributed by atoms with E-state index in [1.807, 2.05) is 0 Å². The lowest BCUT2D eigenvalue weighted by Crippen LogP contribution is -2.27. The van der Waals surface area contributed by atoms with Gasteiger partial charge in [-0.15, -0.1) is 0 Å². The summed E-state index contributed by atoms with van der Waals surface area (Å²) in [4.78, 5) is 0. The molecule has 2 nitrogen and oxygen atoms in total. The molecule has 0 aromatic rings. The Kier molecular flexibility index (Phi) is 13.9. The molecule has 0 radical (unpaired) electrons. The highest BCUT2D eigenvalue weighted by atomic mass is 16.5. The molecule has 0 heterocycles. The Morgan fingerprint density at radius 3 is 2.29 bits per heavy atom. The van der Waals surface area contributed by atoms with Crippen molar-refractivity contribution in [1.29, 1.82) is 0 Å². The van der Waals surface area contributed by atoms with Gasteiger partial charge in [0.05, 0.1) is 0 Å². The third kappa shape index (κ3) is 13.9. The number of ether oxygens (including phenoxy) is 1. The quantitative estimate of drug-likeness (QED) is 0.491. The predicted octanol–water partition coefficient (Wildman–Crippen LogP) is 4.14. The summed E-state index contributed by atoms with van der Waals surface area (Å²) in [5.41, 5.74) is 0. The van der Waals surface area contributed by atoms with Crippen LogP contribution in [0, 0.1) is 0 Å². The summed E-state index contributed by atoms with van der Waals surface area (Å²) < 4.78 is 5.53. The average molecular weight is 243 g/mol. The summed E-state index contributed by atoms with van der Waals surface area (Å²) in [6.07, 6.45) is 10.4.